The van der Waals surface area contributed by atoms with E-state index in [-0.39, 0.29) is 49.3 Å². The molecule has 2 aliphatic rings. The predicted octanol–water partition coefficient (Wildman–Crippen LogP) is 3.67. The molecule has 2 aromatic rings. The summed E-state index contributed by atoms with van der Waals surface area (Å²) in [5.41, 5.74) is -0.730. The molecule has 11 heteroatoms. The van der Waals surface area contributed by atoms with Gasteiger partial charge < -0.3 is 9.64 Å². The van der Waals surface area contributed by atoms with E-state index < -0.39 is 33.5 Å². The minimum absolute atomic E-state index is 0.0124. The molecule has 1 heterocycles. The summed E-state index contributed by atoms with van der Waals surface area (Å²) in [5, 5.41) is 0. The minimum atomic E-state index is -4.47. The molecule has 1 saturated carbocycles. The van der Waals surface area contributed by atoms with E-state index in [9.17, 15) is 30.8 Å². The van der Waals surface area contributed by atoms with Crippen LogP contribution in [0.1, 0.15) is 34.3 Å². The third kappa shape index (κ3) is 5.20. The van der Waals surface area contributed by atoms with Crippen LogP contribution in [0.3, 0.4) is 0 Å². The van der Waals surface area contributed by atoms with Gasteiger partial charge in [0.15, 0.2) is 0 Å². The van der Waals surface area contributed by atoms with E-state index in [0.29, 0.717) is 18.4 Å². The van der Waals surface area contributed by atoms with Gasteiger partial charge in [0.2, 0.25) is 10.0 Å². The summed E-state index contributed by atoms with van der Waals surface area (Å²) in [6.45, 7) is 0.793. The highest BCUT2D eigenvalue weighted by Gasteiger charge is 2.36. The summed E-state index contributed by atoms with van der Waals surface area (Å²) < 4.78 is 85.3. The van der Waals surface area contributed by atoms with Crippen molar-refractivity contribution in [3.63, 3.8) is 0 Å². The van der Waals surface area contributed by atoms with E-state index in [1.807, 2.05) is 0 Å². The average molecular weight is 486 g/mol. The van der Waals surface area contributed by atoms with Gasteiger partial charge in [-0.2, -0.15) is 17.5 Å². The van der Waals surface area contributed by atoms with E-state index in [2.05, 4.69) is 0 Å². The van der Waals surface area contributed by atoms with Gasteiger partial charge in [0.05, 0.1) is 29.2 Å². The van der Waals surface area contributed by atoms with Gasteiger partial charge in [-0.3, -0.25) is 4.79 Å². The van der Waals surface area contributed by atoms with E-state index in [1.165, 1.54) is 21.3 Å². The Morgan fingerprint density at radius 3 is 2.27 bits per heavy atom. The van der Waals surface area contributed by atoms with Gasteiger partial charge in [0.1, 0.15) is 5.82 Å². The maximum atomic E-state index is 14.6. The zero-order chi connectivity index (χ0) is 23.8. The van der Waals surface area contributed by atoms with E-state index in [1.54, 1.807) is 0 Å². The number of benzene rings is 2. The molecular formula is C22H22F4N2O4S. The fourth-order valence-corrected chi connectivity index (χ4v) is 5.10. The molecule has 0 bridgehead atoms. The maximum absolute atomic E-state index is 14.6. The van der Waals surface area contributed by atoms with Crippen molar-refractivity contribution in [2.75, 3.05) is 26.3 Å². The van der Waals surface area contributed by atoms with Gasteiger partial charge >= 0.3 is 6.18 Å². The Morgan fingerprint density at radius 1 is 1.06 bits per heavy atom. The second-order valence-electron chi connectivity index (χ2n) is 8.02. The van der Waals surface area contributed by atoms with E-state index in [0.717, 1.165) is 30.3 Å². The molecule has 0 N–H and O–H groups in total. The van der Waals surface area contributed by atoms with Gasteiger partial charge in [-0.1, -0.05) is 12.1 Å². The number of carbonyl (C=O) groups excluding carboxylic acids is 1. The first-order valence-corrected chi connectivity index (χ1v) is 11.9. The number of carbonyl (C=O) groups is 1. The average Bonchev–Trinajstić information content (AvgIpc) is 3.63. The van der Waals surface area contributed by atoms with Gasteiger partial charge in [0.25, 0.3) is 5.91 Å². The van der Waals surface area contributed by atoms with Crippen LogP contribution in [0.25, 0.3) is 0 Å². The van der Waals surface area contributed by atoms with Gasteiger partial charge in [-0.15, -0.1) is 0 Å². The first-order valence-electron chi connectivity index (χ1n) is 10.4. The number of morpholine rings is 1. The van der Waals surface area contributed by atoms with Crippen LogP contribution in [0.15, 0.2) is 47.4 Å². The van der Waals surface area contributed by atoms with Crippen molar-refractivity contribution < 1.29 is 35.5 Å². The molecule has 6 nitrogen and oxygen atoms in total. The molecule has 33 heavy (non-hydrogen) atoms. The summed E-state index contributed by atoms with van der Waals surface area (Å²) in [7, 11) is -3.93. The molecule has 0 aromatic heterocycles. The monoisotopic (exact) mass is 486 g/mol. The van der Waals surface area contributed by atoms with Crippen LogP contribution >= 0.6 is 0 Å². The lowest BCUT2D eigenvalue weighted by molar-refractivity contribution is -0.137. The predicted molar refractivity (Wildman–Crippen MR) is 110 cm³/mol. The second-order valence-corrected chi connectivity index (χ2v) is 9.95. The van der Waals surface area contributed by atoms with Gasteiger partial charge in [-0.05, 0) is 48.7 Å². The molecular weight excluding hydrogens is 464 g/mol. The smallest absolute Gasteiger partial charge is 0.379 e. The number of ether oxygens (including phenoxy) is 1. The first kappa shape index (κ1) is 23.7. The van der Waals surface area contributed by atoms with Gasteiger partial charge in [0, 0.05) is 25.7 Å². The quantitative estimate of drug-likeness (QED) is 0.585. The lowest BCUT2D eigenvalue weighted by Crippen LogP contribution is -2.40. The summed E-state index contributed by atoms with van der Waals surface area (Å²) in [5.74, 6) is -1.56. The topological polar surface area (TPSA) is 66.9 Å². The number of alkyl halides is 3. The van der Waals surface area contributed by atoms with Crippen molar-refractivity contribution in [1.82, 2.24) is 9.21 Å². The Morgan fingerprint density at radius 2 is 1.70 bits per heavy atom. The number of nitrogens with zero attached hydrogens (tertiary/aromatic N) is 2. The lowest BCUT2D eigenvalue weighted by Gasteiger charge is -2.27. The van der Waals surface area contributed by atoms with Crippen molar-refractivity contribution >= 4 is 15.9 Å². The van der Waals surface area contributed by atoms with Crippen LogP contribution in [-0.4, -0.2) is 55.9 Å². The Labute approximate surface area is 188 Å². The molecule has 0 radical (unpaired) electrons. The van der Waals surface area contributed by atoms with Gasteiger partial charge in [-0.25, -0.2) is 12.8 Å². The number of sulfonamides is 1. The van der Waals surface area contributed by atoms with Crippen molar-refractivity contribution in [2.24, 2.45) is 0 Å². The maximum Gasteiger partial charge on any atom is 0.416 e. The zero-order valence-electron chi connectivity index (χ0n) is 17.5. The Kier molecular flexibility index (Phi) is 6.47. The SMILES string of the molecule is O=C(c1cc(S(=O)(=O)N2CCOCC2)ccc1F)N(Cc1ccc(C(F)(F)F)cc1)C1CC1. The standard InChI is InChI=1S/C22H22F4N2O4S/c23-20-8-7-18(33(30,31)27-9-11-32-12-10-27)13-19(20)21(29)28(17-5-6-17)14-15-1-3-16(4-2-15)22(24,25)26/h1-4,7-8,13,17H,5-6,9-12,14H2. The van der Waals surface area contributed by atoms with Crippen LogP contribution in [0.2, 0.25) is 0 Å². The summed E-state index contributed by atoms with van der Waals surface area (Å²) in [4.78, 5) is 14.4. The molecule has 0 spiro atoms. The lowest BCUT2D eigenvalue weighted by atomic mass is 10.1. The highest BCUT2D eigenvalue weighted by atomic mass is 32.2. The van der Waals surface area contributed by atoms with E-state index >= 15 is 0 Å². The molecule has 2 fully saturated rings. The fraction of sp³-hybridized carbons (Fsp3) is 0.409. The zero-order valence-corrected chi connectivity index (χ0v) is 18.3. The summed E-state index contributed by atoms with van der Waals surface area (Å²) >= 11 is 0. The van der Waals surface area contributed by atoms with Crippen molar-refractivity contribution in [3.05, 3.63) is 65.0 Å². The molecule has 1 saturated heterocycles. The Balaban J connectivity index is 1.59. The molecule has 0 atom stereocenters. The van der Waals surface area contributed by atoms with Crippen LogP contribution < -0.4 is 0 Å². The molecule has 1 amide bonds. The van der Waals surface area contributed by atoms with E-state index in [4.69, 9.17) is 4.74 Å². The molecule has 4 rings (SSSR count). The van der Waals surface area contributed by atoms with Crippen molar-refractivity contribution in [1.29, 1.82) is 0 Å². The van der Waals surface area contributed by atoms with Crippen LogP contribution in [0, 0.1) is 5.82 Å². The summed E-state index contributed by atoms with van der Waals surface area (Å²) in [6.07, 6.45) is -3.11. The minimum Gasteiger partial charge on any atom is -0.379 e. The molecule has 2 aromatic carbocycles. The number of amides is 1. The number of hydrogen-bond acceptors (Lipinski definition) is 4. The normalized spacial score (nSPS) is 17.7. The Bertz CT molecular complexity index is 1130. The first-order chi connectivity index (χ1) is 15.6. The fourth-order valence-electron chi connectivity index (χ4n) is 3.67. The van der Waals surface area contributed by atoms with Crippen molar-refractivity contribution in [3.8, 4) is 0 Å². The highest BCUT2D eigenvalue weighted by molar-refractivity contribution is 7.89. The second kappa shape index (κ2) is 9.03. The number of rotatable bonds is 6. The van der Waals surface area contributed by atoms with Crippen LogP contribution in [-0.2, 0) is 27.5 Å². The molecule has 0 unspecified atom stereocenters. The third-order valence-corrected chi connectivity index (χ3v) is 7.55. The largest absolute Gasteiger partial charge is 0.416 e. The summed E-state index contributed by atoms with van der Waals surface area (Å²) in [6, 6.07) is 7.34. The highest BCUT2D eigenvalue weighted by Crippen LogP contribution is 2.33. The molecule has 178 valence electrons. The third-order valence-electron chi connectivity index (χ3n) is 5.66. The Hall–Kier alpha value is -2.50. The number of hydrogen-bond donors (Lipinski definition) is 0. The molecule has 1 aliphatic heterocycles. The molecule has 1 aliphatic carbocycles. The van der Waals surface area contributed by atoms with Crippen LogP contribution in [0.5, 0.6) is 0 Å². The van der Waals surface area contributed by atoms with Crippen molar-refractivity contribution in [2.45, 2.75) is 36.5 Å². The van der Waals surface area contributed by atoms with Crippen LogP contribution in [0.4, 0.5) is 17.6 Å². The number of halogens is 4.